The number of aromatic nitrogens is 1. The van der Waals surface area contributed by atoms with E-state index in [1.807, 2.05) is 90.3 Å². The lowest BCUT2D eigenvalue weighted by Gasteiger charge is -2.34. The number of aryl methyl sites for hydroxylation is 1. The Balaban J connectivity index is 1.31. The van der Waals surface area contributed by atoms with Gasteiger partial charge in [-0.05, 0) is 61.4 Å². The number of amides is 2. The Morgan fingerprint density at radius 2 is 1.61 bits per heavy atom. The van der Waals surface area contributed by atoms with Gasteiger partial charge in [-0.25, -0.2) is 0 Å². The third kappa shape index (κ3) is 4.86. The zero-order chi connectivity index (χ0) is 21.8. The van der Waals surface area contributed by atoms with Gasteiger partial charge in [-0.3, -0.25) is 14.5 Å². The molecule has 2 heterocycles. The maximum atomic E-state index is 13.0. The first-order valence-electron chi connectivity index (χ1n) is 10.6. The quantitative estimate of drug-likeness (QED) is 0.693. The Bertz CT molecular complexity index is 1070. The first-order valence-corrected chi connectivity index (χ1v) is 10.6. The molecule has 0 radical (unpaired) electrons. The van der Waals surface area contributed by atoms with E-state index in [4.69, 9.17) is 0 Å². The van der Waals surface area contributed by atoms with Crippen LogP contribution < -0.4 is 5.32 Å². The molecule has 4 rings (SSSR count). The molecule has 6 heteroatoms. The summed E-state index contributed by atoms with van der Waals surface area (Å²) >= 11 is 0. The van der Waals surface area contributed by atoms with E-state index in [0.717, 1.165) is 22.5 Å². The van der Waals surface area contributed by atoms with E-state index in [2.05, 4.69) is 10.2 Å². The Kier molecular flexibility index (Phi) is 6.18. The number of carbonyl (C=O) groups is 2. The smallest absolute Gasteiger partial charge is 0.254 e. The van der Waals surface area contributed by atoms with Crippen LogP contribution in [0.2, 0.25) is 0 Å². The third-order valence-electron chi connectivity index (χ3n) is 5.90. The molecule has 1 saturated heterocycles. The van der Waals surface area contributed by atoms with Gasteiger partial charge in [0, 0.05) is 55.5 Å². The number of hydrogen-bond donors (Lipinski definition) is 1. The number of carbonyl (C=O) groups excluding carboxylic acids is 2. The number of hydrogen-bond acceptors (Lipinski definition) is 3. The highest BCUT2D eigenvalue weighted by Gasteiger charge is 2.23. The van der Waals surface area contributed by atoms with E-state index in [9.17, 15) is 9.59 Å². The van der Waals surface area contributed by atoms with E-state index in [1.165, 1.54) is 0 Å². The van der Waals surface area contributed by atoms with Crippen molar-refractivity contribution in [3.8, 4) is 5.69 Å². The molecule has 0 spiro atoms. The lowest BCUT2D eigenvalue weighted by Crippen LogP contribution is -2.50. The second kappa shape index (κ2) is 9.18. The molecule has 6 nitrogen and oxygen atoms in total. The standard InChI is InChI=1S/C25H28N4O2/c1-19-7-5-10-23(20(19)2)26-24(30)18-27-13-15-29(16-14-27)25(31)21-8-6-9-22(17-21)28-11-3-4-12-28/h3-12,17H,13-16,18H2,1-2H3,(H,26,30). The Labute approximate surface area is 183 Å². The molecule has 1 aliphatic heterocycles. The average Bonchev–Trinajstić information content (AvgIpc) is 3.32. The molecule has 2 amide bonds. The van der Waals surface area contributed by atoms with Crippen LogP contribution in [0.4, 0.5) is 5.69 Å². The van der Waals surface area contributed by atoms with Crippen LogP contribution in [0.3, 0.4) is 0 Å². The Morgan fingerprint density at radius 1 is 0.903 bits per heavy atom. The van der Waals surface area contributed by atoms with Crippen LogP contribution in [0.1, 0.15) is 21.5 Å². The molecule has 3 aromatic rings. The third-order valence-corrected chi connectivity index (χ3v) is 5.90. The number of piperazine rings is 1. The summed E-state index contributed by atoms with van der Waals surface area (Å²) in [5, 5.41) is 3.01. The zero-order valence-corrected chi connectivity index (χ0v) is 18.0. The van der Waals surface area contributed by atoms with Gasteiger partial charge in [0.05, 0.1) is 6.54 Å². The number of anilines is 1. The van der Waals surface area contributed by atoms with Crippen molar-refractivity contribution in [2.75, 3.05) is 38.0 Å². The van der Waals surface area contributed by atoms with Crippen LogP contribution in [0, 0.1) is 13.8 Å². The van der Waals surface area contributed by atoms with Gasteiger partial charge < -0.3 is 14.8 Å². The van der Waals surface area contributed by atoms with E-state index >= 15 is 0 Å². The van der Waals surface area contributed by atoms with Gasteiger partial charge in [-0.15, -0.1) is 0 Å². The molecule has 1 N–H and O–H groups in total. The van der Waals surface area contributed by atoms with Crippen LogP contribution >= 0.6 is 0 Å². The molecule has 1 fully saturated rings. The lowest BCUT2D eigenvalue weighted by atomic mass is 10.1. The van der Waals surface area contributed by atoms with Gasteiger partial charge in [0.2, 0.25) is 5.91 Å². The van der Waals surface area contributed by atoms with E-state index in [-0.39, 0.29) is 11.8 Å². The zero-order valence-electron chi connectivity index (χ0n) is 18.0. The molecule has 0 bridgehead atoms. The first-order chi connectivity index (χ1) is 15.0. The van der Waals surface area contributed by atoms with Gasteiger partial charge in [-0.1, -0.05) is 18.2 Å². The summed E-state index contributed by atoms with van der Waals surface area (Å²) in [4.78, 5) is 29.4. The summed E-state index contributed by atoms with van der Waals surface area (Å²) in [6.45, 7) is 6.98. The largest absolute Gasteiger partial charge is 0.336 e. The monoisotopic (exact) mass is 416 g/mol. The summed E-state index contributed by atoms with van der Waals surface area (Å²) in [7, 11) is 0. The minimum atomic E-state index is -0.0205. The average molecular weight is 417 g/mol. The SMILES string of the molecule is Cc1cccc(NC(=O)CN2CCN(C(=O)c3cccc(-n4cccc4)c3)CC2)c1C. The molecular formula is C25H28N4O2. The molecule has 0 aliphatic carbocycles. The van der Waals surface area contributed by atoms with Crippen LogP contribution in [0.5, 0.6) is 0 Å². The van der Waals surface area contributed by atoms with E-state index in [0.29, 0.717) is 38.3 Å². The Hall–Kier alpha value is -3.38. The van der Waals surface area contributed by atoms with Gasteiger partial charge >= 0.3 is 0 Å². The predicted molar refractivity (Wildman–Crippen MR) is 123 cm³/mol. The van der Waals surface area contributed by atoms with Crippen LogP contribution in [-0.2, 0) is 4.79 Å². The number of nitrogens with one attached hydrogen (secondary N) is 1. The summed E-state index contributed by atoms with van der Waals surface area (Å²) in [6, 6.07) is 17.5. The highest BCUT2D eigenvalue weighted by molar-refractivity contribution is 5.95. The van der Waals surface area contributed by atoms with Crippen molar-refractivity contribution in [2.45, 2.75) is 13.8 Å². The highest BCUT2D eigenvalue weighted by atomic mass is 16.2. The lowest BCUT2D eigenvalue weighted by molar-refractivity contribution is -0.117. The van der Waals surface area contributed by atoms with E-state index in [1.54, 1.807) is 0 Å². The van der Waals surface area contributed by atoms with Gasteiger partial charge in [0.1, 0.15) is 0 Å². The molecule has 31 heavy (non-hydrogen) atoms. The summed E-state index contributed by atoms with van der Waals surface area (Å²) in [5.74, 6) is 0.0152. The number of rotatable bonds is 5. The van der Waals surface area contributed by atoms with Crippen molar-refractivity contribution in [1.29, 1.82) is 0 Å². The number of benzene rings is 2. The van der Waals surface area contributed by atoms with Crippen molar-refractivity contribution < 1.29 is 9.59 Å². The van der Waals surface area contributed by atoms with Gasteiger partial charge in [0.15, 0.2) is 0 Å². The molecule has 1 aliphatic rings. The van der Waals surface area contributed by atoms with Crippen molar-refractivity contribution in [1.82, 2.24) is 14.4 Å². The fourth-order valence-electron chi connectivity index (χ4n) is 3.88. The normalized spacial score (nSPS) is 14.5. The molecule has 0 atom stereocenters. The maximum Gasteiger partial charge on any atom is 0.254 e. The molecule has 0 saturated carbocycles. The second-order valence-electron chi connectivity index (χ2n) is 8.00. The maximum absolute atomic E-state index is 13.0. The van der Waals surface area contributed by atoms with E-state index < -0.39 is 0 Å². The minimum Gasteiger partial charge on any atom is -0.336 e. The second-order valence-corrected chi connectivity index (χ2v) is 8.00. The Morgan fingerprint density at radius 3 is 2.35 bits per heavy atom. The number of nitrogens with zero attached hydrogens (tertiary/aromatic N) is 3. The van der Waals surface area contributed by atoms with Crippen molar-refractivity contribution in [3.63, 3.8) is 0 Å². The molecule has 2 aromatic carbocycles. The van der Waals surface area contributed by atoms with Gasteiger partial charge in [0.25, 0.3) is 5.91 Å². The fourth-order valence-corrected chi connectivity index (χ4v) is 3.88. The molecule has 1 aromatic heterocycles. The molecule has 160 valence electrons. The summed E-state index contributed by atoms with van der Waals surface area (Å²) in [6.07, 6.45) is 3.93. The highest BCUT2D eigenvalue weighted by Crippen LogP contribution is 2.18. The minimum absolute atomic E-state index is 0.0205. The first kappa shape index (κ1) is 20.9. The van der Waals surface area contributed by atoms with Crippen LogP contribution in [0.25, 0.3) is 5.69 Å². The van der Waals surface area contributed by atoms with Crippen molar-refractivity contribution >= 4 is 17.5 Å². The fraction of sp³-hybridized carbons (Fsp3) is 0.280. The van der Waals surface area contributed by atoms with Crippen LogP contribution in [-0.4, -0.2) is 58.9 Å². The van der Waals surface area contributed by atoms with Crippen molar-refractivity contribution in [2.24, 2.45) is 0 Å². The summed E-state index contributed by atoms with van der Waals surface area (Å²) < 4.78 is 1.99. The van der Waals surface area contributed by atoms with Gasteiger partial charge in [-0.2, -0.15) is 0 Å². The predicted octanol–water partition coefficient (Wildman–Crippen LogP) is 3.49. The van der Waals surface area contributed by atoms with Crippen molar-refractivity contribution in [3.05, 3.63) is 83.7 Å². The van der Waals surface area contributed by atoms with Crippen LogP contribution in [0.15, 0.2) is 67.0 Å². The molecular weight excluding hydrogens is 388 g/mol. The summed E-state index contributed by atoms with van der Waals surface area (Å²) in [5.41, 5.74) is 4.77. The molecule has 0 unspecified atom stereocenters. The topological polar surface area (TPSA) is 57.6 Å².